The van der Waals surface area contributed by atoms with Crippen LogP contribution in [0.25, 0.3) is 0 Å². The second-order valence-electron chi connectivity index (χ2n) is 4.14. The van der Waals surface area contributed by atoms with Gasteiger partial charge in [-0.25, -0.2) is 13.4 Å². The first-order valence-corrected chi connectivity index (χ1v) is 9.45. The number of rotatable bonds is 5. The predicted molar refractivity (Wildman–Crippen MR) is 96.1 cm³/mol. The molecule has 0 atom stereocenters. The Morgan fingerprint density at radius 1 is 1.29 bits per heavy atom. The average Bonchev–Trinajstić information content (AvgIpc) is 2.43. The van der Waals surface area contributed by atoms with Crippen LogP contribution < -0.4 is 10.0 Å². The minimum absolute atomic E-state index is 0.109. The molecule has 2 N–H and O–H groups in total. The van der Waals surface area contributed by atoms with Crippen LogP contribution in [0.2, 0.25) is 0 Å². The maximum atomic E-state index is 12.5. The number of nitrogens with zero attached hydrogens (tertiary/aromatic N) is 1. The highest BCUT2D eigenvalue weighted by Crippen LogP contribution is 2.25. The summed E-state index contributed by atoms with van der Waals surface area (Å²) in [6.45, 7) is 2.47. The molecule has 2 rings (SSSR count). The van der Waals surface area contributed by atoms with Crippen LogP contribution in [0.1, 0.15) is 6.92 Å². The van der Waals surface area contributed by atoms with Gasteiger partial charge in [0.2, 0.25) is 0 Å². The van der Waals surface area contributed by atoms with E-state index >= 15 is 0 Å². The quantitative estimate of drug-likeness (QED) is 0.639. The minimum atomic E-state index is -3.71. The van der Waals surface area contributed by atoms with E-state index in [2.05, 4.69) is 53.5 Å². The van der Waals surface area contributed by atoms with Crippen molar-refractivity contribution in [1.29, 1.82) is 0 Å². The van der Waals surface area contributed by atoms with Gasteiger partial charge >= 0.3 is 0 Å². The Kier molecular flexibility index (Phi) is 5.44. The third kappa shape index (κ3) is 4.30. The number of aromatic nitrogens is 1. The summed E-state index contributed by atoms with van der Waals surface area (Å²) in [5.74, 6) is 0.332. The molecule has 0 fully saturated rings. The van der Waals surface area contributed by atoms with Crippen LogP contribution in [-0.2, 0) is 10.0 Å². The van der Waals surface area contributed by atoms with Crippen molar-refractivity contribution in [3.63, 3.8) is 0 Å². The number of anilines is 2. The van der Waals surface area contributed by atoms with Crippen molar-refractivity contribution in [1.82, 2.24) is 4.98 Å². The van der Waals surface area contributed by atoms with Crippen LogP contribution in [0.3, 0.4) is 0 Å². The number of halogens is 2. The molecule has 0 spiro atoms. The fourth-order valence-corrected chi connectivity index (χ4v) is 3.71. The summed E-state index contributed by atoms with van der Waals surface area (Å²) < 4.78 is 29.2. The molecule has 1 heterocycles. The normalized spacial score (nSPS) is 11.2. The highest BCUT2D eigenvalue weighted by atomic mass is 127. The lowest BCUT2D eigenvalue weighted by Gasteiger charge is -2.12. The number of hydrogen-bond donors (Lipinski definition) is 2. The molecular formula is C13H13BrIN3O2S. The molecule has 0 aliphatic carbocycles. The van der Waals surface area contributed by atoms with Crippen LogP contribution >= 0.6 is 38.5 Å². The zero-order chi connectivity index (χ0) is 15.5. The number of pyridine rings is 1. The molecular weight excluding hydrogens is 469 g/mol. The average molecular weight is 482 g/mol. The Morgan fingerprint density at radius 3 is 2.57 bits per heavy atom. The van der Waals surface area contributed by atoms with Crippen LogP contribution in [0.15, 0.2) is 45.9 Å². The molecule has 0 radical (unpaired) electrons. The Labute approximate surface area is 145 Å². The van der Waals surface area contributed by atoms with Gasteiger partial charge in [0, 0.05) is 26.5 Å². The molecule has 5 nitrogen and oxygen atoms in total. The van der Waals surface area contributed by atoms with Crippen molar-refractivity contribution in [2.24, 2.45) is 0 Å². The van der Waals surface area contributed by atoms with Gasteiger partial charge < -0.3 is 5.32 Å². The molecule has 1 aromatic heterocycles. The van der Waals surface area contributed by atoms with Gasteiger partial charge in [-0.15, -0.1) is 0 Å². The molecule has 0 aliphatic rings. The topological polar surface area (TPSA) is 71.1 Å². The molecule has 2 aromatic rings. The lowest BCUT2D eigenvalue weighted by Crippen LogP contribution is -2.16. The molecule has 112 valence electrons. The van der Waals surface area contributed by atoms with Crippen molar-refractivity contribution < 1.29 is 8.42 Å². The number of benzene rings is 1. The SMILES string of the molecule is CCNc1ncc(Br)cc1S(=O)(=O)Nc1ccc(I)cc1. The van der Waals surface area contributed by atoms with Gasteiger partial charge in [-0.05, 0) is 75.8 Å². The van der Waals surface area contributed by atoms with Gasteiger partial charge in [-0.2, -0.15) is 0 Å². The van der Waals surface area contributed by atoms with Crippen molar-refractivity contribution in [3.05, 3.63) is 44.6 Å². The molecule has 0 saturated heterocycles. The number of nitrogens with one attached hydrogen (secondary N) is 2. The second kappa shape index (κ2) is 6.93. The first-order valence-electron chi connectivity index (χ1n) is 6.10. The summed E-state index contributed by atoms with van der Waals surface area (Å²) in [5.41, 5.74) is 0.512. The summed E-state index contributed by atoms with van der Waals surface area (Å²) in [4.78, 5) is 4.22. The third-order valence-electron chi connectivity index (χ3n) is 2.55. The molecule has 0 aliphatic heterocycles. The number of sulfonamides is 1. The van der Waals surface area contributed by atoms with Crippen molar-refractivity contribution in [2.75, 3.05) is 16.6 Å². The standard InChI is InChI=1S/C13H13BrIN3O2S/c1-2-16-13-12(7-9(14)8-17-13)21(19,20)18-11-5-3-10(15)4-6-11/h3-8,18H,2H2,1H3,(H,16,17). The van der Waals surface area contributed by atoms with E-state index in [9.17, 15) is 8.42 Å². The van der Waals surface area contributed by atoms with E-state index in [0.29, 0.717) is 22.5 Å². The Balaban J connectivity index is 2.39. The van der Waals surface area contributed by atoms with Crippen molar-refractivity contribution >= 4 is 60.0 Å². The van der Waals surface area contributed by atoms with Crippen LogP contribution in [0.4, 0.5) is 11.5 Å². The highest BCUT2D eigenvalue weighted by Gasteiger charge is 2.20. The third-order valence-corrected chi connectivity index (χ3v) is 5.10. The van der Waals surface area contributed by atoms with E-state index in [0.717, 1.165) is 3.57 Å². The van der Waals surface area contributed by atoms with E-state index in [1.807, 2.05) is 19.1 Å². The van der Waals surface area contributed by atoms with E-state index in [4.69, 9.17) is 0 Å². The zero-order valence-corrected chi connectivity index (χ0v) is 15.7. The molecule has 0 saturated carbocycles. The number of hydrogen-bond acceptors (Lipinski definition) is 4. The monoisotopic (exact) mass is 481 g/mol. The summed E-state index contributed by atoms with van der Waals surface area (Å²) >= 11 is 5.41. The Morgan fingerprint density at radius 2 is 1.95 bits per heavy atom. The summed E-state index contributed by atoms with van der Waals surface area (Å²) in [5, 5.41) is 2.95. The largest absolute Gasteiger partial charge is 0.369 e. The van der Waals surface area contributed by atoms with Crippen LogP contribution in [-0.4, -0.2) is 19.9 Å². The van der Waals surface area contributed by atoms with Crippen LogP contribution in [0.5, 0.6) is 0 Å². The predicted octanol–water partition coefficient (Wildman–Crippen LogP) is 3.68. The maximum Gasteiger partial charge on any atom is 0.265 e. The Bertz CT molecular complexity index is 736. The van der Waals surface area contributed by atoms with Gasteiger partial charge in [0.15, 0.2) is 0 Å². The summed E-state index contributed by atoms with van der Waals surface area (Å²) in [6, 6.07) is 8.64. The molecule has 8 heteroatoms. The molecule has 0 unspecified atom stereocenters. The summed E-state index contributed by atoms with van der Waals surface area (Å²) in [6.07, 6.45) is 1.56. The first kappa shape index (κ1) is 16.5. The van der Waals surface area contributed by atoms with Gasteiger partial charge in [0.05, 0.1) is 0 Å². The van der Waals surface area contributed by atoms with Crippen molar-refractivity contribution in [3.8, 4) is 0 Å². The van der Waals surface area contributed by atoms with Gasteiger partial charge in [0.1, 0.15) is 10.7 Å². The van der Waals surface area contributed by atoms with Gasteiger partial charge in [-0.3, -0.25) is 4.72 Å². The fraction of sp³-hybridized carbons (Fsp3) is 0.154. The van der Waals surface area contributed by atoms with Gasteiger partial charge in [-0.1, -0.05) is 0 Å². The first-order chi connectivity index (χ1) is 9.92. The molecule has 0 bridgehead atoms. The van der Waals surface area contributed by atoms with E-state index in [1.165, 1.54) is 6.07 Å². The zero-order valence-electron chi connectivity index (χ0n) is 11.1. The van der Waals surface area contributed by atoms with E-state index in [1.54, 1.807) is 18.3 Å². The Hall–Kier alpha value is -0.870. The lowest BCUT2D eigenvalue weighted by atomic mass is 10.3. The van der Waals surface area contributed by atoms with E-state index in [-0.39, 0.29) is 4.90 Å². The molecule has 1 aromatic carbocycles. The molecule has 21 heavy (non-hydrogen) atoms. The smallest absolute Gasteiger partial charge is 0.265 e. The summed E-state index contributed by atoms with van der Waals surface area (Å²) in [7, 11) is -3.71. The minimum Gasteiger partial charge on any atom is -0.369 e. The second-order valence-corrected chi connectivity index (χ2v) is 7.96. The van der Waals surface area contributed by atoms with E-state index < -0.39 is 10.0 Å². The van der Waals surface area contributed by atoms with Crippen LogP contribution in [0, 0.1) is 3.57 Å². The molecule has 0 amide bonds. The van der Waals surface area contributed by atoms with Gasteiger partial charge in [0.25, 0.3) is 10.0 Å². The highest BCUT2D eigenvalue weighted by molar-refractivity contribution is 14.1. The maximum absolute atomic E-state index is 12.5. The van der Waals surface area contributed by atoms with Crippen molar-refractivity contribution in [2.45, 2.75) is 11.8 Å². The lowest BCUT2D eigenvalue weighted by molar-refractivity contribution is 0.601. The fourth-order valence-electron chi connectivity index (χ4n) is 1.65.